The van der Waals surface area contributed by atoms with Crippen LogP contribution < -0.4 is 5.73 Å². The first-order valence-electron chi connectivity index (χ1n) is 4.99. The molecule has 1 aromatic rings. The number of benzene rings is 1. The van der Waals surface area contributed by atoms with E-state index >= 15 is 0 Å². The van der Waals surface area contributed by atoms with E-state index in [9.17, 15) is 13.2 Å². The second-order valence-electron chi connectivity index (χ2n) is 3.37. The standard InChI is InChI=1S/C11H13F3N2O/c1-8(16-17-7-6-15)9-2-4-10(5-3-9)11(12,13)14/h2-5H,6-7,15H2,1H3. The number of nitrogens with two attached hydrogens (primary N) is 1. The summed E-state index contributed by atoms with van der Waals surface area (Å²) in [6.07, 6.45) is -4.32. The smallest absolute Gasteiger partial charge is 0.394 e. The van der Waals surface area contributed by atoms with E-state index in [-0.39, 0.29) is 6.61 Å². The van der Waals surface area contributed by atoms with Crippen LogP contribution in [0.15, 0.2) is 29.4 Å². The first-order valence-corrected chi connectivity index (χ1v) is 4.99. The first kappa shape index (κ1) is 13.5. The van der Waals surface area contributed by atoms with Crippen molar-refractivity contribution in [3.8, 4) is 0 Å². The van der Waals surface area contributed by atoms with E-state index in [2.05, 4.69) is 5.16 Å². The van der Waals surface area contributed by atoms with Crippen LogP contribution in [-0.2, 0) is 11.0 Å². The van der Waals surface area contributed by atoms with Crippen LogP contribution in [0.1, 0.15) is 18.1 Å². The van der Waals surface area contributed by atoms with Gasteiger partial charge >= 0.3 is 6.18 Å². The monoisotopic (exact) mass is 246 g/mol. The fourth-order valence-corrected chi connectivity index (χ4v) is 1.15. The third-order valence-corrected chi connectivity index (χ3v) is 2.04. The normalized spacial score (nSPS) is 12.6. The van der Waals surface area contributed by atoms with Crippen molar-refractivity contribution < 1.29 is 18.0 Å². The summed E-state index contributed by atoms with van der Waals surface area (Å²) in [6.45, 7) is 2.26. The Morgan fingerprint density at radius 1 is 1.29 bits per heavy atom. The van der Waals surface area contributed by atoms with Crippen LogP contribution in [0.2, 0.25) is 0 Å². The lowest BCUT2D eigenvalue weighted by atomic mass is 10.1. The zero-order valence-corrected chi connectivity index (χ0v) is 9.29. The van der Waals surface area contributed by atoms with E-state index < -0.39 is 11.7 Å². The Hall–Kier alpha value is -1.56. The molecule has 0 aliphatic heterocycles. The molecule has 0 spiro atoms. The highest BCUT2D eigenvalue weighted by Crippen LogP contribution is 2.29. The molecule has 2 N–H and O–H groups in total. The van der Waals surface area contributed by atoms with E-state index in [1.54, 1.807) is 6.92 Å². The quantitative estimate of drug-likeness (QED) is 0.504. The maximum atomic E-state index is 12.3. The molecule has 0 radical (unpaired) electrons. The summed E-state index contributed by atoms with van der Waals surface area (Å²) in [5.41, 5.74) is 5.60. The summed E-state index contributed by atoms with van der Waals surface area (Å²) in [5.74, 6) is 0. The molecule has 3 nitrogen and oxygen atoms in total. The molecule has 1 rings (SSSR count). The molecule has 0 aliphatic carbocycles. The van der Waals surface area contributed by atoms with Gasteiger partial charge in [0.1, 0.15) is 6.61 Å². The Bertz CT molecular complexity index is 385. The van der Waals surface area contributed by atoms with Crippen molar-refractivity contribution in [1.82, 2.24) is 0 Å². The summed E-state index contributed by atoms with van der Waals surface area (Å²) in [7, 11) is 0. The number of hydrogen-bond acceptors (Lipinski definition) is 3. The van der Waals surface area contributed by atoms with Crippen molar-refractivity contribution in [3.63, 3.8) is 0 Å². The lowest BCUT2D eigenvalue weighted by Crippen LogP contribution is -2.07. The van der Waals surface area contributed by atoms with E-state index in [1.165, 1.54) is 12.1 Å². The van der Waals surface area contributed by atoms with Gasteiger partial charge in [0.05, 0.1) is 11.3 Å². The molecular weight excluding hydrogens is 233 g/mol. The highest BCUT2D eigenvalue weighted by Gasteiger charge is 2.29. The van der Waals surface area contributed by atoms with Gasteiger partial charge in [-0.3, -0.25) is 0 Å². The first-order chi connectivity index (χ1) is 7.95. The van der Waals surface area contributed by atoms with Crippen molar-refractivity contribution in [2.45, 2.75) is 13.1 Å². The molecule has 0 bridgehead atoms. The Labute approximate surface area is 97.1 Å². The van der Waals surface area contributed by atoms with Gasteiger partial charge in [0.2, 0.25) is 0 Å². The number of nitrogens with zero attached hydrogens (tertiary/aromatic N) is 1. The largest absolute Gasteiger partial charge is 0.416 e. The van der Waals surface area contributed by atoms with Gasteiger partial charge in [-0.1, -0.05) is 17.3 Å². The molecule has 1 aromatic carbocycles. The van der Waals surface area contributed by atoms with E-state index in [1.807, 2.05) is 0 Å². The summed E-state index contributed by atoms with van der Waals surface area (Å²) in [5, 5.41) is 3.73. The van der Waals surface area contributed by atoms with Crippen LogP contribution in [0, 0.1) is 0 Å². The van der Waals surface area contributed by atoms with Crippen molar-refractivity contribution in [1.29, 1.82) is 0 Å². The SMILES string of the molecule is CC(=NOCCN)c1ccc(C(F)(F)F)cc1. The van der Waals surface area contributed by atoms with Crippen molar-refractivity contribution >= 4 is 5.71 Å². The van der Waals surface area contributed by atoms with Crippen LogP contribution in [0.5, 0.6) is 0 Å². The van der Waals surface area contributed by atoms with Gasteiger partial charge in [0.25, 0.3) is 0 Å². The molecule has 17 heavy (non-hydrogen) atoms. The van der Waals surface area contributed by atoms with Crippen LogP contribution in [0.3, 0.4) is 0 Å². The van der Waals surface area contributed by atoms with Gasteiger partial charge in [-0.25, -0.2) is 0 Å². The van der Waals surface area contributed by atoms with Crippen LogP contribution >= 0.6 is 0 Å². The number of rotatable bonds is 4. The van der Waals surface area contributed by atoms with Crippen molar-refractivity contribution in [2.24, 2.45) is 10.9 Å². The summed E-state index contributed by atoms with van der Waals surface area (Å²) in [4.78, 5) is 4.84. The topological polar surface area (TPSA) is 47.6 Å². The van der Waals surface area contributed by atoms with Gasteiger partial charge in [-0.2, -0.15) is 13.2 Å². The second kappa shape index (κ2) is 5.67. The predicted octanol–water partition coefficient (Wildman–Crippen LogP) is 2.40. The highest BCUT2D eigenvalue weighted by molar-refractivity contribution is 5.98. The average Bonchev–Trinajstić information content (AvgIpc) is 2.28. The molecule has 0 saturated heterocycles. The minimum Gasteiger partial charge on any atom is -0.394 e. The van der Waals surface area contributed by atoms with Gasteiger partial charge in [0, 0.05) is 6.54 Å². The molecule has 0 fully saturated rings. The molecule has 6 heteroatoms. The maximum Gasteiger partial charge on any atom is 0.416 e. The Morgan fingerprint density at radius 2 is 1.88 bits per heavy atom. The number of halogens is 3. The van der Waals surface area contributed by atoms with Crippen LogP contribution in [0.4, 0.5) is 13.2 Å². The van der Waals surface area contributed by atoms with Gasteiger partial charge in [-0.05, 0) is 24.6 Å². The highest BCUT2D eigenvalue weighted by atomic mass is 19.4. The molecule has 0 unspecified atom stereocenters. The molecular formula is C11H13F3N2O. The van der Waals surface area contributed by atoms with E-state index in [0.29, 0.717) is 17.8 Å². The Morgan fingerprint density at radius 3 is 2.35 bits per heavy atom. The molecule has 0 heterocycles. The van der Waals surface area contributed by atoms with Gasteiger partial charge in [0.15, 0.2) is 0 Å². The fraction of sp³-hybridized carbons (Fsp3) is 0.364. The summed E-state index contributed by atoms with van der Waals surface area (Å²) in [6, 6.07) is 4.73. The zero-order valence-electron chi connectivity index (χ0n) is 9.29. The molecule has 0 saturated carbocycles. The third kappa shape index (κ3) is 4.07. The summed E-state index contributed by atoms with van der Waals surface area (Å²) >= 11 is 0. The lowest BCUT2D eigenvalue weighted by Gasteiger charge is -2.07. The Balaban J connectivity index is 2.77. The van der Waals surface area contributed by atoms with Crippen LogP contribution in [0.25, 0.3) is 0 Å². The lowest BCUT2D eigenvalue weighted by molar-refractivity contribution is -0.137. The number of hydrogen-bond donors (Lipinski definition) is 1. The number of alkyl halides is 3. The van der Waals surface area contributed by atoms with E-state index in [4.69, 9.17) is 10.6 Å². The van der Waals surface area contributed by atoms with Gasteiger partial charge in [-0.15, -0.1) is 0 Å². The second-order valence-corrected chi connectivity index (χ2v) is 3.37. The molecule has 0 atom stereocenters. The molecule has 94 valence electrons. The fourth-order valence-electron chi connectivity index (χ4n) is 1.15. The van der Waals surface area contributed by atoms with Crippen molar-refractivity contribution in [2.75, 3.05) is 13.2 Å². The summed E-state index contributed by atoms with van der Waals surface area (Å²) < 4.78 is 36.9. The molecule has 0 aromatic heterocycles. The molecule has 0 aliphatic rings. The predicted molar refractivity (Wildman–Crippen MR) is 58.7 cm³/mol. The third-order valence-electron chi connectivity index (χ3n) is 2.04. The minimum absolute atomic E-state index is 0.276. The maximum absolute atomic E-state index is 12.3. The average molecular weight is 246 g/mol. The molecule has 0 amide bonds. The Kier molecular flexibility index (Phi) is 4.51. The number of oxime groups is 1. The van der Waals surface area contributed by atoms with Gasteiger partial charge < -0.3 is 10.6 Å². The van der Waals surface area contributed by atoms with Crippen molar-refractivity contribution in [3.05, 3.63) is 35.4 Å². The zero-order chi connectivity index (χ0) is 12.9. The minimum atomic E-state index is -4.32. The van der Waals surface area contributed by atoms with Crippen LogP contribution in [-0.4, -0.2) is 18.9 Å². The van der Waals surface area contributed by atoms with E-state index in [0.717, 1.165) is 12.1 Å².